The van der Waals surface area contributed by atoms with E-state index in [1.54, 1.807) is 0 Å². The van der Waals surface area contributed by atoms with Gasteiger partial charge in [0.1, 0.15) is 11.9 Å². The Kier molecular flexibility index (Phi) is 5.41. The summed E-state index contributed by atoms with van der Waals surface area (Å²) in [5.74, 6) is 2.88. The molecule has 0 aromatic carbocycles. The van der Waals surface area contributed by atoms with E-state index in [0.29, 0.717) is 29.5 Å². The molecule has 6 atom stereocenters. The van der Waals surface area contributed by atoms with Crippen molar-refractivity contribution in [2.75, 3.05) is 0 Å². The summed E-state index contributed by atoms with van der Waals surface area (Å²) in [6.07, 6.45) is 10.5. The van der Waals surface area contributed by atoms with Crippen molar-refractivity contribution in [3.05, 3.63) is 11.6 Å². The lowest BCUT2D eigenvalue weighted by atomic mass is 9.56. The summed E-state index contributed by atoms with van der Waals surface area (Å²) in [7, 11) is 0. The number of ether oxygens (including phenoxy) is 1. The molecule has 0 aromatic heterocycles. The van der Waals surface area contributed by atoms with Gasteiger partial charge in [0, 0.05) is 25.2 Å². The smallest absolute Gasteiger partial charge is 0.302 e. The van der Waals surface area contributed by atoms with Gasteiger partial charge in [0.15, 0.2) is 0 Å². The van der Waals surface area contributed by atoms with Crippen LogP contribution in [0.5, 0.6) is 0 Å². The van der Waals surface area contributed by atoms with E-state index in [1.807, 2.05) is 0 Å². The molecule has 3 aliphatic rings. The molecule has 2 saturated carbocycles. The zero-order valence-electron chi connectivity index (χ0n) is 16.3. The minimum Gasteiger partial charge on any atom is -0.462 e. The zero-order chi connectivity index (χ0) is 18.2. The van der Waals surface area contributed by atoms with Crippen LogP contribution in [-0.4, -0.2) is 17.9 Å². The van der Waals surface area contributed by atoms with Crippen LogP contribution >= 0.6 is 0 Å². The van der Waals surface area contributed by atoms with E-state index in [-0.39, 0.29) is 17.5 Å². The van der Waals surface area contributed by atoms with Gasteiger partial charge in [-0.05, 0) is 69.1 Å². The Morgan fingerprint density at radius 1 is 1.20 bits per heavy atom. The number of fused-ring (bicyclic) bond motifs is 3. The molecule has 0 radical (unpaired) electrons. The van der Waals surface area contributed by atoms with Crippen molar-refractivity contribution in [3.8, 4) is 0 Å². The molecule has 0 spiro atoms. The first-order valence-electron chi connectivity index (χ1n) is 10.2. The van der Waals surface area contributed by atoms with Gasteiger partial charge in [-0.1, -0.05) is 25.5 Å². The number of carbonyl (C=O) groups is 2. The van der Waals surface area contributed by atoms with Crippen LogP contribution in [-0.2, 0) is 14.3 Å². The number of allylic oxidation sites excluding steroid dienone is 1. The Morgan fingerprint density at radius 2 is 1.96 bits per heavy atom. The van der Waals surface area contributed by atoms with E-state index in [4.69, 9.17) is 4.74 Å². The number of hydrogen-bond acceptors (Lipinski definition) is 3. The fourth-order valence-corrected chi connectivity index (χ4v) is 6.01. The number of esters is 1. The number of carbonyl (C=O) groups excluding carboxylic acids is 2. The standard InChI is InChI=1S/C22H34O3/c1-14-5-8-19-18(11-12-22(4)20(19)9-10-21(22)24)15(2)6-7-17(13-14)25-16(3)23/h5,15,17-20H,6-13H2,1-4H3/b14-5+/t15-,17-,18?,19?,20?,22-/m0/s1. The highest BCUT2D eigenvalue weighted by molar-refractivity contribution is 5.87. The maximum atomic E-state index is 12.5. The molecule has 3 heteroatoms. The molecule has 0 saturated heterocycles. The van der Waals surface area contributed by atoms with Crippen LogP contribution in [0.2, 0.25) is 0 Å². The first-order chi connectivity index (χ1) is 11.8. The van der Waals surface area contributed by atoms with Gasteiger partial charge in [-0.25, -0.2) is 0 Å². The van der Waals surface area contributed by atoms with Gasteiger partial charge in [-0.15, -0.1) is 0 Å². The molecular weight excluding hydrogens is 312 g/mol. The average Bonchev–Trinajstić information content (AvgIpc) is 2.84. The highest BCUT2D eigenvalue weighted by atomic mass is 16.5. The van der Waals surface area contributed by atoms with E-state index in [2.05, 4.69) is 26.8 Å². The van der Waals surface area contributed by atoms with Gasteiger partial charge >= 0.3 is 5.97 Å². The Labute approximate surface area is 152 Å². The predicted molar refractivity (Wildman–Crippen MR) is 99.0 cm³/mol. The first kappa shape index (κ1) is 18.7. The molecular formula is C22H34O3. The third kappa shape index (κ3) is 3.71. The second-order valence-corrected chi connectivity index (χ2v) is 9.13. The lowest BCUT2D eigenvalue weighted by Gasteiger charge is -2.47. The summed E-state index contributed by atoms with van der Waals surface area (Å²) >= 11 is 0. The number of Topliss-reactive ketones (excluding diaryl/α,β-unsaturated/α-hetero) is 1. The number of rotatable bonds is 1. The lowest BCUT2D eigenvalue weighted by molar-refractivity contribution is -0.146. The molecule has 0 amide bonds. The maximum Gasteiger partial charge on any atom is 0.302 e. The summed E-state index contributed by atoms with van der Waals surface area (Å²) in [6.45, 7) is 8.29. The summed E-state index contributed by atoms with van der Waals surface area (Å²) in [6, 6.07) is 0. The normalized spacial score (nSPS) is 44.2. The second kappa shape index (κ2) is 7.25. The molecule has 3 nitrogen and oxygen atoms in total. The van der Waals surface area contributed by atoms with Crippen LogP contribution in [0.25, 0.3) is 0 Å². The summed E-state index contributed by atoms with van der Waals surface area (Å²) in [4.78, 5) is 23.9. The minimum absolute atomic E-state index is 0.0228. The van der Waals surface area contributed by atoms with Crippen LogP contribution < -0.4 is 0 Å². The highest BCUT2D eigenvalue weighted by Crippen LogP contribution is 2.57. The molecule has 3 aliphatic carbocycles. The van der Waals surface area contributed by atoms with Crippen molar-refractivity contribution in [2.45, 2.75) is 85.2 Å². The predicted octanol–water partition coefficient (Wildman–Crippen LogP) is 5.09. The molecule has 2 fully saturated rings. The van der Waals surface area contributed by atoms with Gasteiger partial charge in [0.05, 0.1) is 0 Å². The summed E-state index contributed by atoms with van der Waals surface area (Å²) < 4.78 is 5.55. The minimum atomic E-state index is -0.168. The van der Waals surface area contributed by atoms with E-state index in [1.165, 1.54) is 18.9 Å². The molecule has 0 aliphatic heterocycles. The lowest BCUT2D eigenvalue weighted by Crippen LogP contribution is -2.43. The molecule has 0 bridgehead atoms. The van der Waals surface area contributed by atoms with Crippen LogP contribution in [0.3, 0.4) is 0 Å². The molecule has 0 heterocycles. The van der Waals surface area contributed by atoms with E-state index in [0.717, 1.165) is 44.9 Å². The topological polar surface area (TPSA) is 43.4 Å². The monoisotopic (exact) mass is 346 g/mol. The van der Waals surface area contributed by atoms with Gasteiger partial charge in [0.25, 0.3) is 0 Å². The van der Waals surface area contributed by atoms with Gasteiger partial charge in [-0.2, -0.15) is 0 Å². The van der Waals surface area contributed by atoms with Gasteiger partial charge < -0.3 is 4.74 Å². The number of ketones is 1. The molecule has 25 heavy (non-hydrogen) atoms. The molecule has 3 rings (SSSR count). The largest absolute Gasteiger partial charge is 0.462 e. The van der Waals surface area contributed by atoms with Crippen molar-refractivity contribution in [1.82, 2.24) is 0 Å². The van der Waals surface area contributed by atoms with Crippen LogP contribution in [0.15, 0.2) is 11.6 Å². The number of hydrogen-bond donors (Lipinski definition) is 0. The summed E-state index contributed by atoms with van der Waals surface area (Å²) in [5, 5.41) is 0. The van der Waals surface area contributed by atoms with E-state index >= 15 is 0 Å². The van der Waals surface area contributed by atoms with Crippen molar-refractivity contribution in [1.29, 1.82) is 0 Å². The van der Waals surface area contributed by atoms with E-state index in [9.17, 15) is 9.59 Å². The molecule has 3 unspecified atom stereocenters. The maximum absolute atomic E-state index is 12.5. The SMILES string of the molecule is CC(=O)O[C@H]1CC[C@H](C)C2CC[C@]3(C)C(=O)CCC3C2C/C=C(\C)C1. The quantitative estimate of drug-likeness (QED) is 0.491. The Hall–Kier alpha value is -1.12. The Balaban J connectivity index is 1.83. The van der Waals surface area contributed by atoms with Crippen LogP contribution in [0, 0.1) is 29.1 Å². The molecule has 0 N–H and O–H groups in total. The van der Waals surface area contributed by atoms with Gasteiger partial charge in [-0.3, -0.25) is 9.59 Å². The zero-order valence-corrected chi connectivity index (χ0v) is 16.3. The molecule has 0 aromatic rings. The Morgan fingerprint density at radius 3 is 2.68 bits per heavy atom. The highest BCUT2D eigenvalue weighted by Gasteiger charge is 2.53. The van der Waals surface area contributed by atoms with Crippen molar-refractivity contribution < 1.29 is 14.3 Å². The molecule has 140 valence electrons. The Bertz CT molecular complexity index is 564. The van der Waals surface area contributed by atoms with Crippen molar-refractivity contribution in [2.24, 2.45) is 29.1 Å². The fourth-order valence-electron chi connectivity index (χ4n) is 6.01. The third-order valence-corrected chi connectivity index (χ3v) is 7.50. The van der Waals surface area contributed by atoms with Crippen LogP contribution in [0.1, 0.15) is 79.1 Å². The second-order valence-electron chi connectivity index (χ2n) is 9.13. The fraction of sp³-hybridized carbons (Fsp3) is 0.818. The van der Waals surface area contributed by atoms with Crippen LogP contribution in [0.4, 0.5) is 0 Å². The third-order valence-electron chi connectivity index (χ3n) is 7.50. The summed E-state index contributed by atoms with van der Waals surface area (Å²) in [5.41, 5.74) is 1.27. The van der Waals surface area contributed by atoms with Crippen molar-refractivity contribution in [3.63, 3.8) is 0 Å². The average molecular weight is 347 g/mol. The van der Waals surface area contributed by atoms with Crippen molar-refractivity contribution >= 4 is 11.8 Å². The van der Waals surface area contributed by atoms with E-state index < -0.39 is 0 Å². The first-order valence-corrected chi connectivity index (χ1v) is 10.2. The van der Waals surface area contributed by atoms with Gasteiger partial charge in [0.2, 0.25) is 0 Å².